The molecule has 1 atom stereocenters. The molecule has 0 bridgehead atoms. The Morgan fingerprint density at radius 1 is 1.33 bits per heavy atom. The predicted octanol–water partition coefficient (Wildman–Crippen LogP) is 2.32. The van der Waals surface area contributed by atoms with Gasteiger partial charge in [0.2, 0.25) is 0 Å². The summed E-state index contributed by atoms with van der Waals surface area (Å²) in [6.07, 6.45) is 1.93. The summed E-state index contributed by atoms with van der Waals surface area (Å²) in [6.45, 7) is 8.70. The van der Waals surface area contributed by atoms with Gasteiger partial charge in [0.15, 0.2) is 0 Å². The first-order valence-corrected chi connectivity index (χ1v) is 6.35. The SMILES string of the molecule is CC(CCC(C)(C)C)NC(=O)N(C)CCC(=O)O. The van der Waals surface area contributed by atoms with Crippen molar-refractivity contribution in [3.8, 4) is 0 Å². The van der Waals surface area contributed by atoms with Gasteiger partial charge in [-0.05, 0) is 25.2 Å². The van der Waals surface area contributed by atoms with Crippen LogP contribution in [0.5, 0.6) is 0 Å². The van der Waals surface area contributed by atoms with Gasteiger partial charge in [0.25, 0.3) is 0 Å². The van der Waals surface area contributed by atoms with Gasteiger partial charge >= 0.3 is 12.0 Å². The number of carboxylic acid groups (broad SMARTS) is 1. The molecular weight excluding hydrogens is 232 g/mol. The molecule has 0 saturated carbocycles. The lowest BCUT2D eigenvalue weighted by Crippen LogP contribution is -2.42. The van der Waals surface area contributed by atoms with Crippen LogP contribution in [0.15, 0.2) is 0 Å². The van der Waals surface area contributed by atoms with E-state index in [2.05, 4.69) is 26.1 Å². The molecule has 0 aliphatic rings. The zero-order valence-corrected chi connectivity index (χ0v) is 12.1. The van der Waals surface area contributed by atoms with E-state index in [9.17, 15) is 9.59 Å². The summed E-state index contributed by atoms with van der Waals surface area (Å²) in [7, 11) is 1.61. The van der Waals surface area contributed by atoms with E-state index in [-0.39, 0.29) is 30.5 Å². The topological polar surface area (TPSA) is 69.6 Å². The normalized spacial score (nSPS) is 12.9. The second-order valence-corrected chi connectivity index (χ2v) is 6.02. The number of hydrogen-bond acceptors (Lipinski definition) is 2. The van der Waals surface area contributed by atoms with Gasteiger partial charge in [-0.15, -0.1) is 0 Å². The molecule has 0 fully saturated rings. The largest absolute Gasteiger partial charge is 0.481 e. The maximum Gasteiger partial charge on any atom is 0.317 e. The third kappa shape index (κ3) is 8.84. The van der Waals surface area contributed by atoms with Crippen LogP contribution >= 0.6 is 0 Å². The number of rotatable bonds is 6. The van der Waals surface area contributed by atoms with E-state index in [4.69, 9.17) is 5.11 Å². The summed E-state index contributed by atoms with van der Waals surface area (Å²) in [5.41, 5.74) is 0.258. The van der Waals surface area contributed by atoms with E-state index < -0.39 is 5.97 Å². The van der Waals surface area contributed by atoms with Crippen molar-refractivity contribution in [2.45, 2.75) is 53.0 Å². The fourth-order valence-corrected chi connectivity index (χ4v) is 1.41. The molecule has 0 rings (SSSR count). The Balaban J connectivity index is 3.95. The third-order valence-electron chi connectivity index (χ3n) is 2.71. The third-order valence-corrected chi connectivity index (χ3v) is 2.71. The number of hydrogen-bond donors (Lipinski definition) is 2. The van der Waals surface area contributed by atoms with Crippen LogP contribution in [0.2, 0.25) is 0 Å². The highest BCUT2D eigenvalue weighted by atomic mass is 16.4. The van der Waals surface area contributed by atoms with Gasteiger partial charge in [0.05, 0.1) is 6.42 Å². The van der Waals surface area contributed by atoms with Crippen LogP contribution in [0.4, 0.5) is 4.79 Å². The first kappa shape index (κ1) is 16.7. The smallest absolute Gasteiger partial charge is 0.317 e. The van der Waals surface area contributed by atoms with Gasteiger partial charge in [-0.25, -0.2) is 4.79 Å². The molecular formula is C13H26N2O3. The van der Waals surface area contributed by atoms with Crippen molar-refractivity contribution in [2.24, 2.45) is 5.41 Å². The van der Waals surface area contributed by atoms with Crippen molar-refractivity contribution >= 4 is 12.0 Å². The van der Waals surface area contributed by atoms with Crippen LogP contribution in [-0.4, -0.2) is 41.6 Å². The number of carbonyl (C=O) groups is 2. The summed E-state index contributed by atoms with van der Waals surface area (Å²) in [4.78, 5) is 23.5. The molecule has 2 N–H and O–H groups in total. The molecule has 5 heteroatoms. The molecule has 0 saturated heterocycles. The maximum atomic E-state index is 11.7. The number of nitrogens with zero attached hydrogens (tertiary/aromatic N) is 1. The van der Waals surface area contributed by atoms with Crippen LogP contribution < -0.4 is 5.32 Å². The van der Waals surface area contributed by atoms with Crippen LogP contribution in [0.1, 0.15) is 47.0 Å². The standard InChI is InChI=1S/C13H26N2O3/c1-10(6-8-13(2,3)4)14-12(18)15(5)9-7-11(16)17/h10H,6-9H2,1-5H3,(H,14,18)(H,16,17). The number of amides is 2. The van der Waals surface area contributed by atoms with Crippen molar-refractivity contribution in [1.82, 2.24) is 10.2 Å². The van der Waals surface area contributed by atoms with Crippen molar-refractivity contribution in [3.05, 3.63) is 0 Å². The summed E-state index contributed by atoms with van der Waals surface area (Å²) >= 11 is 0. The van der Waals surface area contributed by atoms with E-state index in [1.807, 2.05) is 6.92 Å². The first-order valence-electron chi connectivity index (χ1n) is 6.35. The molecule has 0 aromatic heterocycles. The van der Waals surface area contributed by atoms with E-state index in [0.29, 0.717) is 0 Å². The second kappa shape index (κ2) is 7.24. The van der Waals surface area contributed by atoms with E-state index in [0.717, 1.165) is 12.8 Å². The lowest BCUT2D eigenvalue weighted by molar-refractivity contribution is -0.137. The minimum atomic E-state index is -0.893. The lowest BCUT2D eigenvalue weighted by Gasteiger charge is -2.24. The zero-order chi connectivity index (χ0) is 14.3. The molecule has 106 valence electrons. The van der Waals surface area contributed by atoms with E-state index >= 15 is 0 Å². The number of urea groups is 1. The van der Waals surface area contributed by atoms with Gasteiger partial charge in [0.1, 0.15) is 0 Å². The monoisotopic (exact) mass is 258 g/mol. The molecule has 2 amide bonds. The average Bonchev–Trinajstić information content (AvgIpc) is 2.21. The Morgan fingerprint density at radius 3 is 2.33 bits per heavy atom. The highest BCUT2D eigenvalue weighted by Crippen LogP contribution is 2.21. The number of nitrogens with one attached hydrogen (secondary N) is 1. The maximum absolute atomic E-state index is 11.7. The average molecular weight is 258 g/mol. The van der Waals surface area contributed by atoms with Gasteiger partial charge in [-0.1, -0.05) is 20.8 Å². The Hall–Kier alpha value is -1.26. The molecule has 0 aliphatic carbocycles. The Bertz CT molecular complexity index is 284. The Kier molecular flexibility index (Phi) is 6.73. The summed E-state index contributed by atoms with van der Waals surface area (Å²) in [5.74, 6) is -0.893. The molecule has 0 aromatic rings. The minimum absolute atomic E-state index is 0.0275. The highest BCUT2D eigenvalue weighted by molar-refractivity contribution is 5.75. The van der Waals surface area contributed by atoms with Crippen LogP contribution in [0.3, 0.4) is 0 Å². The van der Waals surface area contributed by atoms with Gasteiger partial charge < -0.3 is 15.3 Å². The fourth-order valence-electron chi connectivity index (χ4n) is 1.41. The summed E-state index contributed by atoms with van der Waals surface area (Å²) < 4.78 is 0. The molecule has 0 heterocycles. The van der Waals surface area contributed by atoms with Crippen LogP contribution in [-0.2, 0) is 4.79 Å². The van der Waals surface area contributed by atoms with Gasteiger partial charge in [-0.2, -0.15) is 0 Å². The lowest BCUT2D eigenvalue weighted by atomic mass is 9.89. The van der Waals surface area contributed by atoms with Crippen molar-refractivity contribution in [3.63, 3.8) is 0 Å². The Labute approximate surface area is 110 Å². The van der Waals surface area contributed by atoms with Crippen molar-refractivity contribution in [2.75, 3.05) is 13.6 Å². The first-order chi connectivity index (χ1) is 8.11. The van der Waals surface area contributed by atoms with E-state index in [1.54, 1.807) is 7.05 Å². The van der Waals surface area contributed by atoms with Crippen LogP contribution in [0, 0.1) is 5.41 Å². The number of carbonyl (C=O) groups excluding carboxylic acids is 1. The van der Waals surface area contributed by atoms with Crippen molar-refractivity contribution < 1.29 is 14.7 Å². The second-order valence-electron chi connectivity index (χ2n) is 6.02. The molecule has 1 unspecified atom stereocenters. The molecule has 0 spiro atoms. The summed E-state index contributed by atoms with van der Waals surface area (Å²) in [6, 6.07) is -0.110. The van der Waals surface area contributed by atoms with Gasteiger partial charge in [-0.3, -0.25) is 4.79 Å². The Morgan fingerprint density at radius 2 is 1.89 bits per heavy atom. The molecule has 0 radical (unpaired) electrons. The molecule has 18 heavy (non-hydrogen) atoms. The molecule has 0 aromatic carbocycles. The van der Waals surface area contributed by atoms with Crippen molar-refractivity contribution in [1.29, 1.82) is 0 Å². The number of aliphatic carboxylic acids is 1. The minimum Gasteiger partial charge on any atom is -0.481 e. The van der Waals surface area contributed by atoms with Gasteiger partial charge in [0, 0.05) is 19.6 Å². The van der Waals surface area contributed by atoms with E-state index in [1.165, 1.54) is 4.90 Å². The molecule has 5 nitrogen and oxygen atoms in total. The highest BCUT2D eigenvalue weighted by Gasteiger charge is 2.16. The molecule has 0 aliphatic heterocycles. The quantitative estimate of drug-likeness (QED) is 0.768. The van der Waals surface area contributed by atoms with Crippen LogP contribution in [0.25, 0.3) is 0 Å². The zero-order valence-electron chi connectivity index (χ0n) is 12.1. The fraction of sp³-hybridized carbons (Fsp3) is 0.846. The number of carboxylic acids is 1. The predicted molar refractivity (Wildman–Crippen MR) is 71.6 cm³/mol. The summed E-state index contributed by atoms with van der Waals surface area (Å²) in [5, 5.41) is 11.4.